The van der Waals surface area contributed by atoms with Crippen molar-refractivity contribution in [3.8, 4) is 0 Å². The minimum atomic E-state index is 0.250. The second-order valence-corrected chi connectivity index (χ2v) is 4.13. The molecule has 1 aliphatic carbocycles. The zero-order chi connectivity index (χ0) is 10.2. The van der Waals surface area contributed by atoms with Crippen molar-refractivity contribution >= 4 is 0 Å². The Morgan fingerprint density at radius 1 is 1.29 bits per heavy atom. The molecule has 14 heavy (non-hydrogen) atoms. The predicted octanol–water partition coefficient (Wildman–Crippen LogP) is 1.56. The van der Waals surface area contributed by atoms with Gasteiger partial charge < -0.3 is 15.2 Å². The van der Waals surface area contributed by atoms with E-state index in [0.29, 0.717) is 12.5 Å². The second kappa shape index (κ2) is 7.21. The van der Waals surface area contributed by atoms with E-state index in [1.54, 1.807) is 7.11 Å². The van der Waals surface area contributed by atoms with Crippen LogP contribution in [0.4, 0.5) is 0 Å². The summed E-state index contributed by atoms with van der Waals surface area (Å²) >= 11 is 0. The van der Waals surface area contributed by atoms with E-state index in [-0.39, 0.29) is 6.04 Å². The van der Waals surface area contributed by atoms with Crippen molar-refractivity contribution in [3.05, 3.63) is 0 Å². The molecule has 1 saturated carbocycles. The van der Waals surface area contributed by atoms with Crippen LogP contribution in [0.3, 0.4) is 0 Å². The summed E-state index contributed by atoms with van der Waals surface area (Å²) in [7, 11) is 1.71. The molecule has 1 unspecified atom stereocenters. The van der Waals surface area contributed by atoms with Crippen molar-refractivity contribution in [1.82, 2.24) is 0 Å². The Bertz CT molecular complexity index is 135. The molecule has 0 aliphatic heterocycles. The minimum Gasteiger partial charge on any atom is -0.385 e. The van der Waals surface area contributed by atoms with Crippen LogP contribution < -0.4 is 5.73 Å². The summed E-state index contributed by atoms with van der Waals surface area (Å²) in [4.78, 5) is 0. The highest BCUT2D eigenvalue weighted by molar-refractivity contribution is 4.77. The van der Waals surface area contributed by atoms with Gasteiger partial charge in [-0.2, -0.15) is 0 Å². The number of nitrogens with two attached hydrogens (primary N) is 1. The highest BCUT2D eigenvalue weighted by Gasteiger charge is 2.21. The van der Waals surface area contributed by atoms with E-state index in [1.165, 1.54) is 25.7 Å². The quantitative estimate of drug-likeness (QED) is 0.636. The fourth-order valence-corrected chi connectivity index (χ4v) is 2.05. The lowest BCUT2D eigenvalue weighted by atomic mass is 10.00. The standard InChI is InChI=1S/C11H23NO2/c1-13-7-4-8-14-9-11(12)10-5-2-3-6-10/h10-11H,2-9,12H2,1H3. The van der Waals surface area contributed by atoms with Crippen molar-refractivity contribution in [1.29, 1.82) is 0 Å². The lowest BCUT2D eigenvalue weighted by Gasteiger charge is -2.18. The Labute approximate surface area is 86.9 Å². The average molecular weight is 201 g/mol. The third-order valence-corrected chi connectivity index (χ3v) is 2.95. The van der Waals surface area contributed by atoms with Crippen LogP contribution in [-0.2, 0) is 9.47 Å². The molecule has 3 nitrogen and oxygen atoms in total. The van der Waals surface area contributed by atoms with Gasteiger partial charge in [0.25, 0.3) is 0 Å². The van der Waals surface area contributed by atoms with E-state index < -0.39 is 0 Å². The van der Waals surface area contributed by atoms with Crippen molar-refractivity contribution in [2.45, 2.75) is 38.1 Å². The molecule has 0 heterocycles. The fraction of sp³-hybridized carbons (Fsp3) is 1.00. The molecule has 1 atom stereocenters. The third-order valence-electron chi connectivity index (χ3n) is 2.95. The molecule has 0 amide bonds. The summed E-state index contributed by atoms with van der Waals surface area (Å²) in [6.07, 6.45) is 6.25. The van der Waals surface area contributed by atoms with Gasteiger partial charge in [-0.15, -0.1) is 0 Å². The lowest BCUT2D eigenvalue weighted by molar-refractivity contribution is 0.0840. The molecular weight excluding hydrogens is 178 g/mol. The van der Waals surface area contributed by atoms with Gasteiger partial charge >= 0.3 is 0 Å². The maximum atomic E-state index is 6.04. The van der Waals surface area contributed by atoms with Crippen LogP contribution in [0.1, 0.15) is 32.1 Å². The summed E-state index contributed by atoms with van der Waals surface area (Å²) in [6, 6.07) is 0.250. The van der Waals surface area contributed by atoms with Gasteiger partial charge in [0.1, 0.15) is 0 Å². The van der Waals surface area contributed by atoms with Crippen molar-refractivity contribution in [3.63, 3.8) is 0 Å². The van der Waals surface area contributed by atoms with E-state index in [9.17, 15) is 0 Å². The molecule has 84 valence electrons. The van der Waals surface area contributed by atoms with Crippen molar-refractivity contribution in [2.24, 2.45) is 11.7 Å². The fourth-order valence-electron chi connectivity index (χ4n) is 2.05. The topological polar surface area (TPSA) is 44.5 Å². The first kappa shape index (κ1) is 12.0. The molecule has 1 fully saturated rings. The summed E-state index contributed by atoms with van der Waals surface area (Å²) in [6.45, 7) is 2.27. The summed E-state index contributed by atoms with van der Waals surface area (Å²) < 4.78 is 10.4. The normalized spacial score (nSPS) is 20.1. The van der Waals surface area contributed by atoms with Gasteiger partial charge in [0.15, 0.2) is 0 Å². The summed E-state index contributed by atoms with van der Waals surface area (Å²) in [5.41, 5.74) is 6.04. The van der Waals surface area contributed by atoms with Crippen LogP contribution in [0.2, 0.25) is 0 Å². The number of ether oxygens (including phenoxy) is 2. The molecule has 0 saturated heterocycles. The van der Waals surface area contributed by atoms with Gasteiger partial charge in [0, 0.05) is 26.4 Å². The molecule has 0 spiro atoms. The summed E-state index contributed by atoms with van der Waals surface area (Å²) in [5.74, 6) is 0.706. The average Bonchev–Trinajstić information content (AvgIpc) is 2.70. The van der Waals surface area contributed by atoms with Gasteiger partial charge in [0.05, 0.1) is 6.61 Å². The monoisotopic (exact) mass is 201 g/mol. The van der Waals surface area contributed by atoms with E-state index in [4.69, 9.17) is 15.2 Å². The molecule has 0 aromatic carbocycles. The van der Waals surface area contributed by atoms with Crippen LogP contribution >= 0.6 is 0 Å². The highest BCUT2D eigenvalue weighted by atomic mass is 16.5. The molecule has 0 bridgehead atoms. The largest absolute Gasteiger partial charge is 0.385 e. The van der Waals surface area contributed by atoms with Crippen LogP contribution in [0.25, 0.3) is 0 Å². The zero-order valence-corrected chi connectivity index (χ0v) is 9.21. The maximum absolute atomic E-state index is 6.04. The Morgan fingerprint density at radius 2 is 2.00 bits per heavy atom. The Balaban J connectivity index is 1.94. The van der Waals surface area contributed by atoms with Crippen LogP contribution in [0.15, 0.2) is 0 Å². The van der Waals surface area contributed by atoms with E-state index >= 15 is 0 Å². The SMILES string of the molecule is COCCCOCC(N)C1CCCC1. The first-order valence-corrected chi connectivity index (χ1v) is 5.67. The first-order valence-electron chi connectivity index (χ1n) is 5.67. The predicted molar refractivity (Wildman–Crippen MR) is 57.2 cm³/mol. The number of methoxy groups -OCH3 is 1. The summed E-state index contributed by atoms with van der Waals surface area (Å²) in [5, 5.41) is 0. The number of rotatable bonds is 7. The molecule has 0 radical (unpaired) electrons. The molecule has 2 N–H and O–H groups in total. The van der Waals surface area contributed by atoms with E-state index in [2.05, 4.69) is 0 Å². The number of hydrogen-bond donors (Lipinski definition) is 1. The zero-order valence-electron chi connectivity index (χ0n) is 9.21. The maximum Gasteiger partial charge on any atom is 0.0620 e. The lowest BCUT2D eigenvalue weighted by Crippen LogP contribution is -2.33. The Kier molecular flexibility index (Phi) is 6.15. The molecular formula is C11H23NO2. The van der Waals surface area contributed by atoms with Gasteiger partial charge in [0.2, 0.25) is 0 Å². The number of hydrogen-bond acceptors (Lipinski definition) is 3. The van der Waals surface area contributed by atoms with Crippen molar-refractivity contribution in [2.75, 3.05) is 26.9 Å². The smallest absolute Gasteiger partial charge is 0.0620 e. The van der Waals surface area contributed by atoms with E-state index in [0.717, 1.165) is 19.6 Å². The second-order valence-electron chi connectivity index (χ2n) is 4.13. The molecule has 0 aromatic heterocycles. The molecule has 0 aromatic rings. The Hall–Kier alpha value is -0.120. The van der Waals surface area contributed by atoms with Gasteiger partial charge in [-0.25, -0.2) is 0 Å². The van der Waals surface area contributed by atoms with Crippen LogP contribution in [-0.4, -0.2) is 33.0 Å². The van der Waals surface area contributed by atoms with E-state index in [1.807, 2.05) is 0 Å². The minimum absolute atomic E-state index is 0.250. The van der Waals surface area contributed by atoms with Crippen LogP contribution in [0.5, 0.6) is 0 Å². The van der Waals surface area contributed by atoms with Gasteiger partial charge in [-0.3, -0.25) is 0 Å². The molecule has 3 heteroatoms. The Morgan fingerprint density at radius 3 is 2.64 bits per heavy atom. The first-order chi connectivity index (χ1) is 6.84. The highest BCUT2D eigenvalue weighted by Crippen LogP contribution is 2.26. The third kappa shape index (κ3) is 4.40. The van der Waals surface area contributed by atoms with Gasteiger partial charge in [-0.05, 0) is 25.2 Å². The van der Waals surface area contributed by atoms with Gasteiger partial charge in [-0.1, -0.05) is 12.8 Å². The molecule has 1 aliphatic rings. The molecule has 1 rings (SSSR count). The van der Waals surface area contributed by atoms with Crippen LogP contribution in [0, 0.1) is 5.92 Å². The van der Waals surface area contributed by atoms with Crippen molar-refractivity contribution < 1.29 is 9.47 Å².